The van der Waals surface area contributed by atoms with Gasteiger partial charge in [-0.05, 0) is 6.42 Å². The summed E-state index contributed by atoms with van der Waals surface area (Å²) in [4.78, 5) is 36.8. The van der Waals surface area contributed by atoms with Gasteiger partial charge in [-0.25, -0.2) is 9.59 Å². The zero-order valence-electron chi connectivity index (χ0n) is 12.0. The third-order valence-electron chi connectivity index (χ3n) is 3.90. The van der Waals surface area contributed by atoms with Crippen molar-refractivity contribution in [3.63, 3.8) is 0 Å². The lowest BCUT2D eigenvalue weighted by Crippen LogP contribution is -2.62. The van der Waals surface area contributed by atoms with Crippen molar-refractivity contribution in [2.75, 3.05) is 32.8 Å². The van der Waals surface area contributed by atoms with Crippen molar-refractivity contribution in [1.82, 2.24) is 4.90 Å². The zero-order valence-corrected chi connectivity index (χ0v) is 12.0. The molecule has 0 aromatic heterocycles. The molecule has 2 heterocycles. The van der Waals surface area contributed by atoms with Crippen LogP contribution in [0.25, 0.3) is 0 Å². The SMILES string of the molecule is CCC1OC(=O)C(=O)OC1(CCN1CCOCC1)C(N)=O. The minimum absolute atomic E-state index is 0.194. The van der Waals surface area contributed by atoms with Crippen LogP contribution in [0.3, 0.4) is 0 Å². The van der Waals surface area contributed by atoms with Gasteiger partial charge in [0.1, 0.15) is 0 Å². The fourth-order valence-electron chi connectivity index (χ4n) is 2.65. The molecule has 0 radical (unpaired) electrons. The molecule has 0 saturated carbocycles. The normalized spacial score (nSPS) is 30.6. The second kappa shape index (κ2) is 6.40. The molecule has 2 fully saturated rings. The van der Waals surface area contributed by atoms with Crippen molar-refractivity contribution in [2.24, 2.45) is 5.73 Å². The Kier molecular flexibility index (Phi) is 4.79. The van der Waals surface area contributed by atoms with Crippen LogP contribution < -0.4 is 5.73 Å². The molecule has 1 amide bonds. The maximum Gasteiger partial charge on any atom is 0.418 e. The van der Waals surface area contributed by atoms with Gasteiger partial charge in [-0.1, -0.05) is 6.92 Å². The Balaban J connectivity index is 2.11. The smallest absolute Gasteiger partial charge is 0.418 e. The summed E-state index contributed by atoms with van der Waals surface area (Å²) in [5.41, 5.74) is 3.86. The molecule has 118 valence electrons. The minimum Gasteiger partial charge on any atom is -0.449 e. The molecule has 2 aliphatic rings. The minimum atomic E-state index is -1.59. The van der Waals surface area contributed by atoms with E-state index >= 15 is 0 Å². The van der Waals surface area contributed by atoms with Crippen LogP contribution in [0.15, 0.2) is 0 Å². The summed E-state index contributed by atoms with van der Waals surface area (Å²) in [5.74, 6) is -3.03. The Hall–Kier alpha value is -1.67. The van der Waals surface area contributed by atoms with E-state index in [0.717, 1.165) is 13.1 Å². The van der Waals surface area contributed by atoms with Crippen LogP contribution in [0.2, 0.25) is 0 Å². The van der Waals surface area contributed by atoms with Gasteiger partial charge in [-0.15, -0.1) is 0 Å². The summed E-state index contributed by atoms with van der Waals surface area (Å²) < 4.78 is 15.4. The largest absolute Gasteiger partial charge is 0.449 e. The number of carbonyl (C=O) groups excluding carboxylic acids is 3. The molecule has 2 rings (SSSR count). The van der Waals surface area contributed by atoms with Gasteiger partial charge in [-0.2, -0.15) is 0 Å². The van der Waals surface area contributed by atoms with Gasteiger partial charge in [0.25, 0.3) is 5.91 Å². The third kappa shape index (κ3) is 3.16. The van der Waals surface area contributed by atoms with Crippen LogP contribution in [-0.2, 0) is 28.6 Å². The maximum atomic E-state index is 11.9. The van der Waals surface area contributed by atoms with Crippen molar-refractivity contribution < 1.29 is 28.6 Å². The standard InChI is InChI=1S/C13H20N2O6/c1-2-9-13(12(14)18,21-11(17)10(16)20-9)3-4-15-5-7-19-8-6-15/h9H,2-8H2,1H3,(H2,14,18). The first kappa shape index (κ1) is 15.7. The van der Waals surface area contributed by atoms with E-state index in [0.29, 0.717) is 26.2 Å². The molecule has 2 atom stereocenters. The van der Waals surface area contributed by atoms with Gasteiger partial charge >= 0.3 is 11.9 Å². The summed E-state index contributed by atoms with van der Waals surface area (Å²) in [6, 6.07) is 0. The van der Waals surface area contributed by atoms with E-state index in [1.54, 1.807) is 6.92 Å². The Bertz CT molecular complexity index is 434. The number of carbonyl (C=O) groups is 3. The van der Waals surface area contributed by atoms with Crippen LogP contribution in [0.1, 0.15) is 19.8 Å². The summed E-state index contributed by atoms with van der Waals surface area (Å²) >= 11 is 0. The number of ether oxygens (including phenoxy) is 3. The second-order valence-electron chi connectivity index (χ2n) is 5.15. The molecule has 0 aromatic carbocycles. The highest BCUT2D eigenvalue weighted by Crippen LogP contribution is 2.30. The summed E-state index contributed by atoms with van der Waals surface area (Å²) in [7, 11) is 0. The maximum absolute atomic E-state index is 11.9. The fraction of sp³-hybridized carbons (Fsp3) is 0.769. The molecule has 0 spiro atoms. The zero-order chi connectivity index (χ0) is 15.5. The van der Waals surface area contributed by atoms with Crippen molar-refractivity contribution >= 4 is 17.8 Å². The van der Waals surface area contributed by atoms with Crippen LogP contribution in [0.4, 0.5) is 0 Å². The third-order valence-corrected chi connectivity index (χ3v) is 3.90. The van der Waals surface area contributed by atoms with E-state index in [9.17, 15) is 14.4 Å². The molecule has 0 bridgehead atoms. The number of esters is 2. The van der Waals surface area contributed by atoms with E-state index in [2.05, 4.69) is 4.90 Å². The first-order chi connectivity index (χ1) is 9.99. The first-order valence-corrected chi connectivity index (χ1v) is 7.03. The summed E-state index contributed by atoms with van der Waals surface area (Å²) in [5, 5.41) is 0. The second-order valence-corrected chi connectivity index (χ2v) is 5.15. The van der Waals surface area contributed by atoms with E-state index in [1.807, 2.05) is 0 Å². The Morgan fingerprint density at radius 1 is 1.33 bits per heavy atom. The quantitative estimate of drug-likeness (QED) is 0.502. The Labute approximate surface area is 122 Å². The highest BCUT2D eigenvalue weighted by Gasteiger charge is 2.54. The molecule has 2 aliphatic heterocycles. The van der Waals surface area contributed by atoms with Crippen molar-refractivity contribution in [3.8, 4) is 0 Å². The molecular formula is C13H20N2O6. The van der Waals surface area contributed by atoms with E-state index < -0.39 is 29.6 Å². The average Bonchev–Trinajstić information content (AvgIpc) is 2.49. The molecule has 8 heteroatoms. The fourth-order valence-corrected chi connectivity index (χ4v) is 2.65. The Morgan fingerprint density at radius 2 is 2.00 bits per heavy atom. The lowest BCUT2D eigenvalue weighted by Gasteiger charge is -2.40. The molecule has 2 saturated heterocycles. The van der Waals surface area contributed by atoms with Gasteiger partial charge < -0.3 is 19.9 Å². The number of nitrogens with two attached hydrogens (primary N) is 1. The lowest BCUT2D eigenvalue weighted by atomic mass is 9.88. The predicted octanol–water partition coefficient (Wildman–Crippen LogP) is -1.19. The number of primary amides is 1. The molecule has 2 unspecified atom stereocenters. The number of morpholine rings is 1. The summed E-state index contributed by atoms with van der Waals surface area (Å²) in [6.07, 6.45) is -0.313. The molecule has 8 nitrogen and oxygen atoms in total. The van der Waals surface area contributed by atoms with E-state index in [1.165, 1.54) is 0 Å². The lowest BCUT2D eigenvalue weighted by molar-refractivity contribution is -0.215. The monoisotopic (exact) mass is 300 g/mol. The Morgan fingerprint density at radius 3 is 2.57 bits per heavy atom. The van der Waals surface area contributed by atoms with E-state index in [4.69, 9.17) is 19.9 Å². The van der Waals surface area contributed by atoms with E-state index in [-0.39, 0.29) is 6.42 Å². The number of hydrogen-bond acceptors (Lipinski definition) is 7. The molecular weight excluding hydrogens is 280 g/mol. The average molecular weight is 300 g/mol. The molecule has 21 heavy (non-hydrogen) atoms. The number of hydrogen-bond donors (Lipinski definition) is 1. The number of nitrogens with zero attached hydrogens (tertiary/aromatic N) is 1. The van der Waals surface area contributed by atoms with Gasteiger partial charge in [-0.3, -0.25) is 9.69 Å². The van der Waals surface area contributed by atoms with Gasteiger partial charge in [0.2, 0.25) is 5.60 Å². The number of cyclic esters (lactones) is 2. The highest BCUT2D eigenvalue weighted by molar-refractivity contribution is 6.30. The predicted molar refractivity (Wildman–Crippen MR) is 70.1 cm³/mol. The molecule has 2 N–H and O–H groups in total. The number of amides is 1. The van der Waals surface area contributed by atoms with Crippen molar-refractivity contribution in [2.45, 2.75) is 31.5 Å². The molecule has 0 aromatic rings. The van der Waals surface area contributed by atoms with Crippen LogP contribution >= 0.6 is 0 Å². The van der Waals surface area contributed by atoms with Gasteiger partial charge in [0, 0.05) is 26.1 Å². The van der Waals surface area contributed by atoms with Crippen LogP contribution in [0.5, 0.6) is 0 Å². The topological polar surface area (TPSA) is 108 Å². The molecule has 0 aliphatic carbocycles. The first-order valence-electron chi connectivity index (χ1n) is 7.03. The number of rotatable bonds is 5. The van der Waals surface area contributed by atoms with Crippen molar-refractivity contribution in [3.05, 3.63) is 0 Å². The van der Waals surface area contributed by atoms with Crippen LogP contribution in [-0.4, -0.2) is 67.3 Å². The summed E-state index contributed by atoms with van der Waals surface area (Å²) in [6.45, 7) is 4.96. The van der Waals surface area contributed by atoms with Crippen LogP contribution in [0, 0.1) is 0 Å². The van der Waals surface area contributed by atoms with Crippen molar-refractivity contribution in [1.29, 1.82) is 0 Å². The van der Waals surface area contributed by atoms with Gasteiger partial charge in [0.15, 0.2) is 6.10 Å². The van der Waals surface area contributed by atoms with Gasteiger partial charge in [0.05, 0.1) is 13.2 Å². The highest BCUT2D eigenvalue weighted by atomic mass is 16.7.